The summed E-state index contributed by atoms with van der Waals surface area (Å²) in [6.45, 7) is 5.38. The minimum absolute atomic E-state index is 0.177. The van der Waals surface area contributed by atoms with Crippen LogP contribution in [-0.4, -0.2) is 38.2 Å². The Hall–Kier alpha value is -1.60. The van der Waals surface area contributed by atoms with E-state index in [0.717, 1.165) is 43.2 Å². The summed E-state index contributed by atoms with van der Waals surface area (Å²) in [6, 6.07) is 13.0. The Balaban J connectivity index is 1.76. The first-order valence-electron chi connectivity index (χ1n) is 8.37. The number of halogens is 1. The molecule has 0 spiro atoms. The maximum Gasteiger partial charge on any atom is 0.283 e. The van der Waals surface area contributed by atoms with Crippen molar-refractivity contribution < 1.29 is 14.7 Å². The molecule has 3 rings (SSSR count). The van der Waals surface area contributed by atoms with Crippen LogP contribution in [0.5, 0.6) is 0 Å². The third-order valence-corrected chi connectivity index (χ3v) is 5.85. The molecule has 0 bridgehead atoms. The minimum atomic E-state index is -0.286. The Kier molecular flexibility index (Phi) is 5.96. The molecule has 1 aliphatic heterocycles. The fourth-order valence-electron chi connectivity index (χ4n) is 3.03. The summed E-state index contributed by atoms with van der Waals surface area (Å²) in [5.41, 5.74) is 1.21. The summed E-state index contributed by atoms with van der Waals surface area (Å²) in [6.07, 6.45) is 0. The van der Waals surface area contributed by atoms with E-state index in [4.69, 9.17) is 11.6 Å². The van der Waals surface area contributed by atoms with Gasteiger partial charge in [0.25, 0.3) is 5.69 Å². The molecule has 0 amide bonds. The Morgan fingerprint density at radius 3 is 2.44 bits per heavy atom. The molecule has 2 aromatic carbocycles. The number of piperazine rings is 1. The highest BCUT2D eigenvalue weighted by atomic mass is 35.5. The number of rotatable bonds is 5. The average molecular weight is 380 g/mol. The van der Waals surface area contributed by atoms with Crippen LogP contribution in [0.4, 0.5) is 5.69 Å². The Morgan fingerprint density at radius 2 is 1.80 bits per heavy atom. The van der Waals surface area contributed by atoms with Crippen molar-refractivity contribution in [3.8, 4) is 0 Å². The molecule has 0 unspecified atom stereocenters. The zero-order chi connectivity index (χ0) is 17.8. The zero-order valence-electron chi connectivity index (χ0n) is 14.1. The van der Waals surface area contributed by atoms with Crippen molar-refractivity contribution in [1.82, 2.24) is 0 Å². The fourth-order valence-corrected chi connectivity index (χ4v) is 4.05. The van der Waals surface area contributed by atoms with Crippen molar-refractivity contribution in [3.63, 3.8) is 0 Å². The molecule has 7 heteroatoms. The summed E-state index contributed by atoms with van der Waals surface area (Å²) < 4.78 is 0. The summed E-state index contributed by atoms with van der Waals surface area (Å²) in [5, 5.41) is 12.2. The summed E-state index contributed by atoms with van der Waals surface area (Å²) >= 11 is 7.29. The standard InChI is InChI=1S/C18H20ClN3O2S/c1-20-8-10-21(11-9-20)13-14-2-7-18(17(12-14)22(23)24)25-16-5-3-15(19)4-6-16/h2-7,12H,8-11,13H2,1H3/p+2. The van der Waals surface area contributed by atoms with Crippen molar-refractivity contribution in [2.24, 2.45) is 0 Å². The first-order chi connectivity index (χ1) is 12.0. The fraction of sp³-hybridized carbons (Fsp3) is 0.333. The normalized spacial score (nSPS) is 20.4. The van der Waals surface area contributed by atoms with E-state index in [0.29, 0.717) is 9.92 Å². The topological polar surface area (TPSA) is 52.0 Å². The molecule has 5 nitrogen and oxygen atoms in total. The van der Waals surface area contributed by atoms with Crippen molar-refractivity contribution in [2.75, 3.05) is 33.2 Å². The number of quaternary nitrogens is 2. The lowest BCUT2D eigenvalue weighted by Crippen LogP contribution is -3.26. The minimum Gasteiger partial charge on any atom is -0.328 e. The second kappa shape index (κ2) is 8.19. The van der Waals surface area contributed by atoms with Crippen LogP contribution in [0.2, 0.25) is 5.02 Å². The molecule has 0 atom stereocenters. The van der Waals surface area contributed by atoms with Gasteiger partial charge in [-0.2, -0.15) is 0 Å². The molecule has 2 aromatic rings. The summed E-state index contributed by atoms with van der Waals surface area (Å²) in [4.78, 5) is 15.9. The van der Waals surface area contributed by atoms with Crippen LogP contribution in [0, 0.1) is 10.1 Å². The number of nitro groups is 1. The molecule has 25 heavy (non-hydrogen) atoms. The van der Waals surface area contributed by atoms with Gasteiger partial charge in [0.2, 0.25) is 0 Å². The van der Waals surface area contributed by atoms with E-state index in [1.54, 1.807) is 23.1 Å². The van der Waals surface area contributed by atoms with E-state index >= 15 is 0 Å². The molecule has 2 N–H and O–H groups in total. The van der Waals surface area contributed by atoms with Crippen LogP contribution in [0.3, 0.4) is 0 Å². The smallest absolute Gasteiger partial charge is 0.283 e. The lowest BCUT2D eigenvalue weighted by molar-refractivity contribution is -1.01. The van der Waals surface area contributed by atoms with Gasteiger partial charge in [0.05, 0.1) is 16.9 Å². The zero-order valence-corrected chi connectivity index (χ0v) is 15.7. The quantitative estimate of drug-likeness (QED) is 0.608. The maximum absolute atomic E-state index is 11.5. The van der Waals surface area contributed by atoms with E-state index in [1.165, 1.54) is 16.7 Å². The van der Waals surface area contributed by atoms with Gasteiger partial charge in [-0.1, -0.05) is 29.4 Å². The average Bonchev–Trinajstić information content (AvgIpc) is 2.60. The summed E-state index contributed by atoms with van der Waals surface area (Å²) in [5.74, 6) is 0. The predicted octanol–water partition coefficient (Wildman–Crippen LogP) is 1.31. The first-order valence-corrected chi connectivity index (χ1v) is 9.56. The van der Waals surface area contributed by atoms with Gasteiger partial charge in [-0.3, -0.25) is 10.1 Å². The van der Waals surface area contributed by atoms with Gasteiger partial charge in [-0.25, -0.2) is 0 Å². The molecule has 0 saturated carbocycles. The highest BCUT2D eigenvalue weighted by Crippen LogP contribution is 2.35. The van der Waals surface area contributed by atoms with Gasteiger partial charge in [0.15, 0.2) is 0 Å². The highest BCUT2D eigenvalue weighted by molar-refractivity contribution is 7.99. The number of hydrogen-bond acceptors (Lipinski definition) is 3. The molecule has 0 aliphatic carbocycles. The van der Waals surface area contributed by atoms with Crippen molar-refractivity contribution in [2.45, 2.75) is 16.3 Å². The molecular formula is C18H22ClN3O2S+2. The number of benzene rings is 2. The van der Waals surface area contributed by atoms with E-state index in [-0.39, 0.29) is 10.6 Å². The second-order valence-corrected chi connectivity index (χ2v) is 8.05. The maximum atomic E-state index is 11.5. The van der Waals surface area contributed by atoms with Crippen LogP contribution in [0.15, 0.2) is 52.3 Å². The second-order valence-electron chi connectivity index (χ2n) is 6.50. The lowest BCUT2D eigenvalue weighted by Gasteiger charge is -2.27. The number of nitrogens with one attached hydrogen (secondary N) is 2. The monoisotopic (exact) mass is 379 g/mol. The molecule has 0 radical (unpaired) electrons. The highest BCUT2D eigenvalue weighted by Gasteiger charge is 2.22. The predicted molar refractivity (Wildman–Crippen MR) is 99.7 cm³/mol. The molecule has 1 heterocycles. The number of nitrogens with zero attached hydrogens (tertiary/aromatic N) is 1. The Morgan fingerprint density at radius 1 is 1.12 bits per heavy atom. The van der Waals surface area contributed by atoms with Gasteiger partial charge in [0, 0.05) is 21.5 Å². The van der Waals surface area contributed by atoms with Gasteiger partial charge in [-0.15, -0.1) is 0 Å². The SMILES string of the molecule is C[NH+]1CC[NH+](Cc2ccc(Sc3ccc(Cl)cc3)c([N+](=O)[O-])c2)CC1. The van der Waals surface area contributed by atoms with Gasteiger partial charge in [-0.05, 0) is 30.3 Å². The van der Waals surface area contributed by atoms with Gasteiger partial charge < -0.3 is 9.80 Å². The van der Waals surface area contributed by atoms with E-state index in [2.05, 4.69) is 7.05 Å². The Labute approximate surface area is 156 Å². The number of nitro benzene ring substituents is 1. The third-order valence-electron chi connectivity index (χ3n) is 4.53. The van der Waals surface area contributed by atoms with E-state index < -0.39 is 0 Å². The molecule has 0 aromatic heterocycles. The van der Waals surface area contributed by atoms with Gasteiger partial charge in [0.1, 0.15) is 32.7 Å². The third kappa shape index (κ3) is 4.95. The Bertz CT molecular complexity index is 746. The van der Waals surface area contributed by atoms with Crippen LogP contribution < -0.4 is 9.80 Å². The van der Waals surface area contributed by atoms with Crippen molar-refractivity contribution in [1.29, 1.82) is 0 Å². The van der Waals surface area contributed by atoms with E-state index in [9.17, 15) is 10.1 Å². The first kappa shape index (κ1) is 18.2. The van der Waals surface area contributed by atoms with E-state index in [1.807, 2.05) is 24.3 Å². The molecule has 1 saturated heterocycles. The van der Waals surface area contributed by atoms with Crippen LogP contribution in [0.25, 0.3) is 0 Å². The summed E-state index contributed by atoms with van der Waals surface area (Å²) in [7, 11) is 2.21. The molecule has 132 valence electrons. The largest absolute Gasteiger partial charge is 0.328 e. The molecule has 1 aliphatic rings. The van der Waals surface area contributed by atoms with Crippen LogP contribution in [-0.2, 0) is 6.54 Å². The lowest BCUT2D eigenvalue weighted by atomic mass is 10.1. The van der Waals surface area contributed by atoms with Crippen molar-refractivity contribution >= 4 is 29.1 Å². The van der Waals surface area contributed by atoms with Gasteiger partial charge >= 0.3 is 0 Å². The number of hydrogen-bond donors (Lipinski definition) is 2. The van der Waals surface area contributed by atoms with Crippen molar-refractivity contribution in [3.05, 3.63) is 63.2 Å². The molecule has 1 fully saturated rings. The van der Waals surface area contributed by atoms with Crippen LogP contribution in [0.1, 0.15) is 5.56 Å². The number of likely N-dealkylation sites (N-methyl/N-ethyl adjacent to an activating group) is 1. The molecular weight excluding hydrogens is 358 g/mol. The van der Waals surface area contributed by atoms with Crippen LogP contribution >= 0.6 is 23.4 Å².